The van der Waals surface area contributed by atoms with Gasteiger partial charge in [0.05, 0.1) is 11.4 Å². The maximum absolute atomic E-state index is 10.8. The molecule has 3 heterocycles. The van der Waals surface area contributed by atoms with Gasteiger partial charge in [-0.1, -0.05) is 12.5 Å². The van der Waals surface area contributed by atoms with Crippen LogP contribution in [-0.4, -0.2) is 28.9 Å². The van der Waals surface area contributed by atoms with Crippen LogP contribution in [0.2, 0.25) is 0 Å². The topological polar surface area (TPSA) is 35.8 Å². The fourth-order valence-corrected chi connectivity index (χ4v) is 3.39. The summed E-state index contributed by atoms with van der Waals surface area (Å²) in [7, 11) is 0. The summed E-state index contributed by atoms with van der Waals surface area (Å²) in [6.07, 6.45) is 4.63. The molecule has 16 heavy (non-hydrogen) atoms. The zero-order chi connectivity index (χ0) is 11.0. The quantitative estimate of drug-likeness (QED) is 0.811. The molecule has 1 aromatic rings. The number of hydrogen-bond donors (Lipinski definition) is 1. The van der Waals surface area contributed by atoms with Crippen molar-refractivity contribution in [1.29, 1.82) is 0 Å². The minimum atomic E-state index is -0.853. The summed E-state index contributed by atoms with van der Waals surface area (Å²) in [6, 6.07) is 4.00. The molecule has 2 aliphatic rings. The largest absolute Gasteiger partial charge is 0.365 e. The van der Waals surface area contributed by atoms with Gasteiger partial charge >= 0.3 is 0 Å². The van der Waals surface area contributed by atoms with Crippen molar-refractivity contribution in [3.8, 4) is 0 Å². The van der Waals surface area contributed by atoms with E-state index in [0.717, 1.165) is 30.1 Å². The number of nitrogens with zero attached hydrogens (tertiary/aromatic N) is 2. The van der Waals surface area contributed by atoms with E-state index in [0.29, 0.717) is 6.54 Å². The molecule has 2 aliphatic heterocycles. The highest BCUT2D eigenvalue weighted by atomic mass is 32.1. The second-order valence-corrected chi connectivity index (χ2v) is 5.44. The van der Waals surface area contributed by atoms with Crippen molar-refractivity contribution in [2.24, 2.45) is 4.99 Å². The third-order valence-electron chi connectivity index (χ3n) is 3.44. The molecule has 1 atom stereocenters. The summed E-state index contributed by atoms with van der Waals surface area (Å²) in [5.41, 5.74) is -0.853. The Bertz CT molecular complexity index is 401. The molecule has 0 saturated carbocycles. The average Bonchev–Trinajstić information content (AvgIpc) is 2.84. The van der Waals surface area contributed by atoms with Crippen LogP contribution < -0.4 is 0 Å². The smallest absolute Gasteiger partial charge is 0.194 e. The standard InChI is InChI=1S/C12H16N2OS/c15-12(10-5-4-8-16-10)9-13-11-6-2-1-3-7-14(11)12/h4-5,8,15H,1-3,6-7,9H2. The van der Waals surface area contributed by atoms with Crippen molar-refractivity contribution >= 4 is 17.2 Å². The number of rotatable bonds is 1. The molecule has 0 aromatic carbocycles. The van der Waals surface area contributed by atoms with Crippen LogP contribution in [-0.2, 0) is 5.72 Å². The Morgan fingerprint density at radius 3 is 3.12 bits per heavy atom. The molecule has 1 aromatic heterocycles. The molecule has 3 rings (SSSR count). The molecule has 1 fully saturated rings. The molecule has 1 unspecified atom stereocenters. The second kappa shape index (κ2) is 3.86. The van der Waals surface area contributed by atoms with Gasteiger partial charge in [-0.05, 0) is 24.3 Å². The molecule has 3 nitrogen and oxygen atoms in total. The number of amidine groups is 1. The van der Waals surface area contributed by atoms with Crippen molar-refractivity contribution in [2.45, 2.75) is 31.4 Å². The van der Waals surface area contributed by atoms with Gasteiger partial charge in [0.1, 0.15) is 5.84 Å². The van der Waals surface area contributed by atoms with Crippen molar-refractivity contribution in [3.63, 3.8) is 0 Å². The van der Waals surface area contributed by atoms with Gasteiger partial charge in [-0.15, -0.1) is 11.3 Å². The summed E-state index contributed by atoms with van der Waals surface area (Å²) in [5.74, 6) is 1.11. The van der Waals surface area contributed by atoms with Crippen LogP contribution in [0.1, 0.15) is 30.6 Å². The van der Waals surface area contributed by atoms with Crippen LogP contribution in [0.15, 0.2) is 22.5 Å². The summed E-state index contributed by atoms with van der Waals surface area (Å²) >= 11 is 1.62. The third kappa shape index (κ3) is 1.48. The molecule has 0 amide bonds. The molecule has 0 bridgehead atoms. The molecule has 0 radical (unpaired) electrons. The third-order valence-corrected chi connectivity index (χ3v) is 4.45. The van der Waals surface area contributed by atoms with Crippen molar-refractivity contribution in [2.75, 3.05) is 13.1 Å². The highest BCUT2D eigenvalue weighted by molar-refractivity contribution is 7.10. The molecule has 1 saturated heterocycles. The zero-order valence-electron chi connectivity index (χ0n) is 9.22. The van der Waals surface area contributed by atoms with E-state index in [1.54, 1.807) is 11.3 Å². The van der Waals surface area contributed by atoms with Gasteiger partial charge in [-0.2, -0.15) is 0 Å². The highest BCUT2D eigenvalue weighted by Crippen LogP contribution is 2.36. The first-order valence-electron chi connectivity index (χ1n) is 5.88. The highest BCUT2D eigenvalue weighted by Gasteiger charge is 2.43. The minimum Gasteiger partial charge on any atom is -0.365 e. The van der Waals surface area contributed by atoms with Crippen LogP contribution in [0.5, 0.6) is 0 Å². The number of fused-ring (bicyclic) bond motifs is 1. The summed E-state index contributed by atoms with van der Waals surface area (Å²) in [4.78, 5) is 7.66. The van der Waals surface area contributed by atoms with E-state index in [-0.39, 0.29) is 0 Å². The lowest BCUT2D eigenvalue weighted by molar-refractivity contribution is -0.0524. The molecule has 1 N–H and O–H groups in total. The van der Waals surface area contributed by atoms with E-state index in [4.69, 9.17) is 0 Å². The number of aliphatic hydroxyl groups is 1. The first kappa shape index (κ1) is 10.3. The lowest BCUT2D eigenvalue weighted by atomic mass is 10.1. The Morgan fingerprint density at radius 1 is 1.38 bits per heavy atom. The summed E-state index contributed by atoms with van der Waals surface area (Å²) in [6.45, 7) is 1.44. The average molecular weight is 236 g/mol. The monoisotopic (exact) mass is 236 g/mol. The van der Waals surface area contributed by atoms with Crippen molar-refractivity contribution < 1.29 is 5.11 Å². The van der Waals surface area contributed by atoms with Gasteiger partial charge in [-0.3, -0.25) is 4.99 Å². The van der Waals surface area contributed by atoms with Crippen LogP contribution in [0.25, 0.3) is 0 Å². The maximum atomic E-state index is 10.8. The first-order valence-corrected chi connectivity index (χ1v) is 6.76. The Morgan fingerprint density at radius 2 is 2.31 bits per heavy atom. The van der Waals surface area contributed by atoms with E-state index >= 15 is 0 Å². The molecular weight excluding hydrogens is 220 g/mol. The maximum Gasteiger partial charge on any atom is 0.194 e. The van der Waals surface area contributed by atoms with Crippen LogP contribution >= 0.6 is 11.3 Å². The van der Waals surface area contributed by atoms with Gasteiger partial charge < -0.3 is 10.0 Å². The number of aliphatic imine (C=N–C) groups is 1. The fourth-order valence-electron chi connectivity index (χ4n) is 2.56. The van der Waals surface area contributed by atoms with E-state index < -0.39 is 5.72 Å². The second-order valence-electron chi connectivity index (χ2n) is 4.49. The molecule has 0 spiro atoms. The predicted octanol–water partition coefficient (Wildman–Crippen LogP) is 2.18. The summed E-state index contributed by atoms with van der Waals surface area (Å²) < 4.78 is 0. The van der Waals surface area contributed by atoms with Crippen LogP contribution in [0.4, 0.5) is 0 Å². The normalized spacial score (nSPS) is 29.8. The minimum absolute atomic E-state index is 0.503. The van der Waals surface area contributed by atoms with E-state index in [1.165, 1.54) is 12.8 Å². The lowest BCUT2D eigenvalue weighted by Gasteiger charge is -2.34. The van der Waals surface area contributed by atoms with Gasteiger partial charge in [0.15, 0.2) is 5.72 Å². The predicted molar refractivity (Wildman–Crippen MR) is 65.7 cm³/mol. The molecular formula is C12H16N2OS. The Hall–Kier alpha value is -0.870. The lowest BCUT2D eigenvalue weighted by Crippen LogP contribution is -2.46. The fraction of sp³-hybridized carbons (Fsp3) is 0.583. The molecule has 0 aliphatic carbocycles. The Balaban J connectivity index is 1.93. The number of thiophene rings is 1. The van der Waals surface area contributed by atoms with Crippen LogP contribution in [0.3, 0.4) is 0 Å². The van der Waals surface area contributed by atoms with Crippen LogP contribution in [0, 0.1) is 0 Å². The van der Waals surface area contributed by atoms with E-state index in [2.05, 4.69) is 9.89 Å². The summed E-state index contributed by atoms with van der Waals surface area (Å²) in [5, 5.41) is 12.8. The van der Waals surface area contributed by atoms with Gasteiger partial charge in [-0.25, -0.2) is 0 Å². The van der Waals surface area contributed by atoms with Gasteiger partial charge in [0.2, 0.25) is 0 Å². The first-order chi connectivity index (χ1) is 7.81. The Labute approximate surface area is 99.4 Å². The Kier molecular flexibility index (Phi) is 2.48. The molecule has 4 heteroatoms. The van der Waals surface area contributed by atoms with E-state index in [1.807, 2.05) is 17.5 Å². The van der Waals surface area contributed by atoms with Crippen molar-refractivity contribution in [1.82, 2.24) is 4.90 Å². The molecule has 86 valence electrons. The zero-order valence-corrected chi connectivity index (χ0v) is 10.0. The van der Waals surface area contributed by atoms with Gasteiger partial charge in [0, 0.05) is 13.0 Å². The van der Waals surface area contributed by atoms with E-state index in [9.17, 15) is 5.11 Å². The number of hydrogen-bond acceptors (Lipinski definition) is 4. The van der Waals surface area contributed by atoms with Crippen molar-refractivity contribution in [3.05, 3.63) is 22.4 Å². The van der Waals surface area contributed by atoms with Gasteiger partial charge in [0.25, 0.3) is 0 Å². The SMILES string of the molecule is OC1(c2cccs2)CN=C2CCCCCN21.